The van der Waals surface area contributed by atoms with Crippen molar-refractivity contribution >= 4 is 5.91 Å². The zero-order valence-corrected chi connectivity index (χ0v) is 11.5. The van der Waals surface area contributed by atoms with Crippen LogP contribution in [0.5, 0.6) is 5.75 Å². The second kappa shape index (κ2) is 6.36. The van der Waals surface area contributed by atoms with Gasteiger partial charge in [-0.15, -0.1) is 0 Å². The molecular weight excluding hydrogens is 277 g/mol. The molecule has 1 heterocycles. The number of benzene rings is 1. The van der Waals surface area contributed by atoms with Crippen molar-refractivity contribution in [2.45, 2.75) is 6.92 Å². The van der Waals surface area contributed by atoms with E-state index in [9.17, 15) is 14.3 Å². The van der Waals surface area contributed by atoms with Crippen LogP contribution in [0.25, 0.3) is 5.69 Å². The fourth-order valence-electron chi connectivity index (χ4n) is 1.67. The number of carbonyl (C=O) groups excluding carboxylic acids is 1. The van der Waals surface area contributed by atoms with Crippen LogP contribution in [0.4, 0.5) is 4.39 Å². The molecule has 6 nitrogen and oxygen atoms in total. The fourth-order valence-corrected chi connectivity index (χ4v) is 1.67. The van der Waals surface area contributed by atoms with Gasteiger partial charge in [0, 0.05) is 13.2 Å². The number of halogens is 1. The zero-order valence-electron chi connectivity index (χ0n) is 11.5. The number of carbonyl (C=O) groups is 1. The van der Waals surface area contributed by atoms with Gasteiger partial charge in [-0.3, -0.25) is 4.79 Å². The maximum absolute atomic E-state index is 12.9. The van der Waals surface area contributed by atoms with E-state index in [-0.39, 0.29) is 36.3 Å². The molecule has 1 amide bonds. The molecular formula is C14H16FN3O3. The Bertz CT molecular complexity index is 625. The average Bonchev–Trinajstić information content (AvgIpc) is 2.87. The Kier molecular flexibility index (Phi) is 4.54. The minimum Gasteiger partial charge on any atom is -0.504 e. The van der Waals surface area contributed by atoms with Crippen molar-refractivity contribution < 1.29 is 19.4 Å². The number of aromatic nitrogens is 2. The lowest BCUT2D eigenvalue weighted by Crippen LogP contribution is -2.30. The molecule has 0 aliphatic heterocycles. The predicted octanol–water partition coefficient (Wildman–Crippen LogP) is 1.08. The summed E-state index contributed by atoms with van der Waals surface area (Å²) in [4.78, 5) is 11.9. The number of nitrogens with zero attached hydrogens (tertiary/aromatic N) is 2. The summed E-state index contributed by atoms with van der Waals surface area (Å²) in [6.45, 7) is 2.01. The second-order valence-corrected chi connectivity index (χ2v) is 4.78. The predicted molar refractivity (Wildman–Crippen MR) is 73.8 cm³/mol. The standard InChI is InChI=1S/C14H16FN3O3/c1-9(8-19)6-16-14(21)13-12(20)7-18(17-13)11-4-2-10(15)3-5-11/h2-5,7,9,19-20H,6,8H2,1H3,(H,16,21). The first-order valence-corrected chi connectivity index (χ1v) is 6.45. The van der Waals surface area contributed by atoms with E-state index in [1.807, 2.05) is 0 Å². The van der Waals surface area contributed by atoms with Gasteiger partial charge in [-0.05, 0) is 30.2 Å². The largest absolute Gasteiger partial charge is 0.504 e. The van der Waals surface area contributed by atoms with Crippen LogP contribution in [0, 0.1) is 11.7 Å². The summed E-state index contributed by atoms with van der Waals surface area (Å²) in [7, 11) is 0. The van der Waals surface area contributed by atoms with Gasteiger partial charge in [0.25, 0.3) is 5.91 Å². The van der Waals surface area contributed by atoms with Gasteiger partial charge in [-0.25, -0.2) is 9.07 Å². The first kappa shape index (κ1) is 15.0. The quantitative estimate of drug-likeness (QED) is 0.769. The average molecular weight is 293 g/mol. The molecule has 0 saturated heterocycles. The fraction of sp³-hybridized carbons (Fsp3) is 0.286. The summed E-state index contributed by atoms with van der Waals surface area (Å²) >= 11 is 0. The number of hydrogen-bond acceptors (Lipinski definition) is 4. The highest BCUT2D eigenvalue weighted by Crippen LogP contribution is 2.18. The summed E-state index contributed by atoms with van der Waals surface area (Å²) in [5, 5.41) is 25.2. The molecule has 1 unspecified atom stereocenters. The van der Waals surface area contributed by atoms with Crippen LogP contribution in [0.15, 0.2) is 30.5 Å². The van der Waals surface area contributed by atoms with Gasteiger partial charge in [0.05, 0.1) is 11.9 Å². The Labute approximate surface area is 120 Å². The van der Waals surface area contributed by atoms with Crippen molar-refractivity contribution in [1.29, 1.82) is 0 Å². The van der Waals surface area contributed by atoms with E-state index in [4.69, 9.17) is 5.11 Å². The molecule has 0 saturated carbocycles. The SMILES string of the molecule is CC(CO)CNC(=O)c1nn(-c2ccc(F)cc2)cc1O. The first-order chi connectivity index (χ1) is 10.0. The van der Waals surface area contributed by atoms with E-state index in [0.717, 1.165) is 0 Å². The summed E-state index contributed by atoms with van der Waals surface area (Å²) < 4.78 is 14.2. The van der Waals surface area contributed by atoms with Gasteiger partial charge in [-0.1, -0.05) is 6.92 Å². The van der Waals surface area contributed by atoms with Gasteiger partial charge >= 0.3 is 0 Å². The van der Waals surface area contributed by atoms with Crippen LogP contribution in [-0.4, -0.2) is 39.1 Å². The molecule has 0 spiro atoms. The normalized spacial score (nSPS) is 12.1. The molecule has 0 aliphatic rings. The number of rotatable bonds is 5. The van der Waals surface area contributed by atoms with Crippen LogP contribution in [0.1, 0.15) is 17.4 Å². The monoisotopic (exact) mass is 293 g/mol. The molecule has 1 atom stereocenters. The Balaban J connectivity index is 2.15. The van der Waals surface area contributed by atoms with E-state index < -0.39 is 5.91 Å². The van der Waals surface area contributed by atoms with Crippen LogP contribution < -0.4 is 5.32 Å². The third-order valence-corrected chi connectivity index (χ3v) is 2.92. The number of hydrogen-bond donors (Lipinski definition) is 3. The molecule has 0 radical (unpaired) electrons. The Morgan fingerprint density at radius 3 is 2.71 bits per heavy atom. The molecule has 3 N–H and O–H groups in total. The molecule has 1 aromatic heterocycles. The molecule has 112 valence electrons. The van der Waals surface area contributed by atoms with Crippen LogP contribution in [-0.2, 0) is 0 Å². The van der Waals surface area contributed by atoms with Crippen LogP contribution in [0.2, 0.25) is 0 Å². The van der Waals surface area contributed by atoms with Crippen molar-refractivity contribution in [3.63, 3.8) is 0 Å². The van der Waals surface area contributed by atoms with E-state index in [1.165, 1.54) is 35.1 Å². The Morgan fingerprint density at radius 1 is 1.43 bits per heavy atom. The smallest absolute Gasteiger partial charge is 0.275 e. The van der Waals surface area contributed by atoms with Crippen LogP contribution in [0.3, 0.4) is 0 Å². The molecule has 2 aromatic rings. The third-order valence-electron chi connectivity index (χ3n) is 2.92. The second-order valence-electron chi connectivity index (χ2n) is 4.78. The lowest BCUT2D eigenvalue weighted by atomic mass is 10.2. The van der Waals surface area contributed by atoms with Crippen molar-refractivity contribution in [1.82, 2.24) is 15.1 Å². The van der Waals surface area contributed by atoms with E-state index >= 15 is 0 Å². The molecule has 2 rings (SSSR count). The van der Waals surface area contributed by atoms with Crippen molar-refractivity contribution in [2.24, 2.45) is 5.92 Å². The number of aliphatic hydroxyl groups is 1. The molecule has 0 bridgehead atoms. The Morgan fingerprint density at radius 2 is 2.10 bits per heavy atom. The number of aromatic hydroxyl groups is 1. The van der Waals surface area contributed by atoms with Gasteiger partial charge < -0.3 is 15.5 Å². The lowest BCUT2D eigenvalue weighted by molar-refractivity contribution is 0.0934. The van der Waals surface area contributed by atoms with Gasteiger partial charge in [0.2, 0.25) is 0 Å². The van der Waals surface area contributed by atoms with Crippen molar-refractivity contribution in [2.75, 3.05) is 13.2 Å². The molecule has 0 fully saturated rings. The number of nitrogens with one attached hydrogen (secondary N) is 1. The van der Waals surface area contributed by atoms with E-state index in [2.05, 4.69) is 10.4 Å². The minimum atomic E-state index is -0.534. The van der Waals surface area contributed by atoms with Crippen molar-refractivity contribution in [3.05, 3.63) is 42.0 Å². The highest BCUT2D eigenvalue weighted by atomic mass is 19.1. The number of aliphatic hydroxyl groups excluding tert-OH is 1. The lowest BCUT2D eigenvalue weighted by Gasteiger charge is -2.08. The molecule has 7 heteroatoms. The zero-order chi connectivity index (χ0) is 15.4. The first-order valence-electron chi connectivity index (χ1n) is 6.45. The Hall–Kier alpha value is -2.41. The summed E-state index contributed by atoms with van der Waals surface area (Å²) in [6.07, 6.45) is 1.28. The summed E-state index contributed by atoms with van der Waals surface area (Å²) in [5.41, 5.74) is 0.402. The number of amides is 1. The van der Waals surface area contributed by atoms with Gasteiger partial charge in [-0.2, -0.15) is 5.10 Å². The molecule has 21 heavy (non-hydrogen) atoms. The summed E-state index contributed by atoms with van der Waals surface area (Å²) in [6, 6.07) is 5.49. The van der Waals surface area contributed by atoms with Crippen LogP contribution >= 0.6 is 0 Å². The summed E-state index contributed by atoms with van der Waals surface area (Å²) in [5.74, 6) is -1.27. The van der Waals surface area contributed by atoms with E-state index in [0.29, 0.717) is 5.69 Å². The van der Waals surface area contributed by atoms with E-state index in [1.54, 1.807) is 6.92 Å². The van der Waals surface area contributed by atoms with Crippen molar-refractivity contribution in [3.8, 4) is 11.4 Å². The third kappa shape index (κ3) is 3.57. The van der Waals surface area contributed by atoms with Gasteiger partial charge in [0.1, 0.15) is 5.82 Å². The topological polar surface area (TPSA) is 87.4 Å². The molecule has 1 aromatic carbocycles. The minimum absolute atomic E-state index is 0.0454. The maximum Gasteiger partial charge on any atom is 0.275 e. The van der Waals surface area contributed by atoms with Gasteiger partial charge in [0.15, 0.2) is 11.4 Å². The highest BCUT2D eigenvalue weighted by molar-refractivity contribution is 5.94. The maximum atomic E-state index is 12.9. The molecule has 0 aliphatic carbocycles. The highest BCUT2D eigenvalue weighted by Gasteiger charge is 2.17.